The Kier molecular flexibility index (Phi) is 11.3. The van der Waals surface area contributed by atoms with Crippen molar-refractivity contribution in [1.29, 1.82) is 0 Å². The van der Waals surface area contributed by atoms with Gasteiger partial charge in [0.1, 0.15) is 6.10 Å². The van der Waals surface area contributed by atoms with Crippen LogP contribution in [0.25, 0.3) is 0 Å². The maximum Gasteiger partial charge on any atom is 0.318 e. The number of halogens is 1. The lowest BCUT2D eigenvalue weighted by atomic mass is 9.43. The topological polar surface area (TPSA) is 116 Å². The molecule has 1 aromatic rings. The number of ketones is 1. The first-order valence-corrected chi connectivity index (χ1v) is 21.9. The Balaban J connectivity index is 1.08. The van der Waals surface area contributed by atoms with Crippen LogP contribution in [0.15, 0.2) is 35.4 Å². The fourth-order valence-electron chi connectivity index (χ4n) is 13.3. The summed E-state index contributed by atoms with van der Waals surface area (Å²) in [6.07, 6.45) is 8.65. The lowest BCUT2D eigenvalue weighted by Crippen LogP contribution is -2.60. The standard InChI is InChI=1S/C46H66ClN3O6/c1-26(2)39-37(51)24-46(48-43(55)50(22-21-49(7)8)25-28-9-11-29(47)12-10-28)20-17-30-31-13-15-33-27(3)38(56-42(54)36-23-35(41(52)53)44(36,4)5)18-19-45(33,6)34(31)16-14-32(30)40(39)46/h9-12,26-27,30-36,38H,13-25H2,1-8H3,(H,48,55)(H,52,53). The average molecular weight is 793 g/mol. The first-order chi connectivity index (χ1) is 26.4. The number of carbonyl (C=O) groups is 4. The van der Waals surface area contributed by atoms with Gasteiger partial charge in [0.15, 0.2) is 5.78 Å². The number of likely N-dealkylation sites (N-methyl/N-ethyl adjacent to an activating group) is 1. The van der Waals surface area contributed by atoms with Gasteiger partial charge in [0.2, 0.25) is 0 Å². The van der Waals surface area contributed by atoms with Gasteiger partial charge in [0, 0.05) is 31.1 Å². The summed E-state index contributed by atoms with van der Waals surface area (Å²) in [5.74, 6) is 1.01. The van der Waals surface area contributed by atoms with Crippen LogP contribution in [0.1, 0.15) is 111 Å². The number of carbonyl (C=O) groups excluding carboxylic acids is 3. The van der Waals surface area contributed by atoms with Gasteiger partial charge in [-0.15, -0.1) is 0 Å². The number of amides is 2. The zero-order valence-electron chi connectivity index (χ0n) is 35.0. The van der Waals surface area contributed by atoms with Gasteiger partial charge in [-0.05, 0) is 153 Å². The number of esters is 1. The van der Waals surface area contributed by atoms with Crippen molar-refractivity contribution in [3.8, 4) is 0 Å². The Labute approximate surface area is 339 Å². The number of hydrogen-bond acceptors (Lipinski definition) is 6. The molecule has 5 fully saturated rings. The highest BCUT2D eigenvalue weighted by Gasteiger charge is 2.62. The van der Waals surface area contributed by atoms with Gasteiger partial charge in [0.25, 0.3) is 0 Å². The molecule has 10 heteroatoms. The van der Waals surface area contributed by atoms with Crippen LogP contribution in [0.3, 0.4) is 0 Å². The highest BCUT2D eigenvalue weighted by molar-refractivity contribution is 6.30. The third-order valence-corrected chi connectivity index (χ3v) is 16.6. The van der Waals surface area contributed by atoms with Crippen molar-refractivity contribution in [2.75, 3.05) is 27.2 Å². The summed E-state index contributed by atoms with van der Waals surface area (Å²) < 4.78 is 6.29. The maximum atomic E-state index is 14.4. The maximum absolute atomic E-state index is 14.4. The van der Waals surface area contributed by atoms with E-state index in [4.69, 9.17) is 16.3 Å². The molecule has 6 aliphatic rings. The Morgan fingerprint density at radius 1 is 0.929 bits per heavy atom. The minimum absolute atomic E-state index is 0.0966. The molecule has 11 unspecified atom stereocenters. The Hall–Kier alpha value is -2.91. The molecule has 0 saturated heterocycles. The van der Waals surface area contributed by atoms with Crippen LogP contribution in [-0.2, 0) is 25.7 Å². The van der Waals surface area contributed by atoms with E-state index in [1.165, 1.54) is 5.57 Å². The lowest BCUT2D eigenvalue weighted by molar-refractivity contribution is -0.191. The van der Waals surface area contributed by atoms with Gasteiger partial charge in [-0.3, -0.25) is 14.4 Å². The molecule has 0 spiro atoms. The van der Waals surface area contributed by atoms with Crippen molar-refractivity contribution in [1.82, 2.24) is 15.1 Å². The van der Waals surface area contributed by atoms with E-state index in [2.05, 4.69) is 37.9 Å². The highest BCUT2D eigenvalue weighted by atomic mass is 35.5. The molecule has 5 saturated carbocycles. The number of rotatable bonds is 10. The summed E-state index contributed by atoms with van der Waals surface area (Å²) in [5.41, 5.74) is 2.15. The zero-order chi connectivity index (χ0) is 40.5. The smallest absolute Gasteiger partial charge is 0.318 e. The van der Waals surface area contributed by atoms with E-state index in [-0.39, 0.29) is 53.0 Å². The number of fused-ring (bicyclic) bond motifs is 7. The molecule has 308 valence electrons. The average Bonchev–Trinajstić information content (AvgIpc) is 3.43. The van der Waals surface area contributed by atoms with Crippen LogP contribution in [0.5, 0.6) is 0 Å². The van der Waals surface area contributed by atoms with E-state index in [1.54, 1.807) is 0 Å². The molecule has 0 bridgehead atoms. The number of benzene rings is 1. The van der Waals surface area contributed by atoms with Gasteiger partial charge >= 0.3 is 18.0 Å². The van der Waals surface area contributed by atoms with E-state index < -0.39 is 22.8 Å². The van der Waals surface area contributed by atoms with Crippen molar-refractivity contribution in [3.05, 3.63) is 46.0 Å². The molecule has 0 heterocycles. The SMILES string of the molecule is CC(C)C1=C2C3CCC4C(CCC5C(C)C(OC(=O)C6CC(C(=O)O)C6(C)C)CCC54C)C3CCC2(NC(=O)N(CCN(C)C)Cc2ccc(Cl)cc2)CC1=O. The predicted octanol–water partition coefficient (Wildman–Crippen LogP) is 8.63. The predicted molar refractivity (Wildman–Crippen MR) is 218 cm³/mol. The molecule has 7 rings (SSSR count). The second kappa shape index (κ2) is 15.4. The fourth-order valence-corrected chi connectivity index (χ4v) is 13.4. The molecule has 9 nitrogen and oxygen atoms in total. The largest absolute Gasteiger partial charge is 0.481 e. The number of nitrogens with one attached hydrogen (secondary N) is 1. The van der Waals surface area contributed by atoms with E-state index in [0.717, 1.165) is 69.0 Å². The van der Waals surface area contributed by atoms with Gasteiger partial charge in [-0.2, -0.15) is 0 Å². The van der Waals surface area contributed by atoms with E-state index >= 15 is 0 Å². The summed E-state index contributed by atoms with van der Waals surface area (Å²) in [5, 5.41) is 13.8. The van der Waals surface area contributed by atoms with Crippen molar-refractivity contribution < 1.29 is 29.0 Å². The van der Waals surface area contributed by atoms with Crippen molar-refractivity contribution in [3.63, 3.8) is 0 Å². The molecular weight excluding hydrogens is 726 g/mol. The summed E-state index contributed by atoms with van der Waals surface area (Å²) in [6.45, 7) is 14.6. The Bertz CT molecular complexity index is 1740. The fraction of sp³-hybridized carbons (Fsp3) is 0.739. The van der Waals surface area contributed by atoms with Crippen LogP contribution in [0, 0.1) is 64.1 Å². The number of hydrogen-bond donors (Lipinski definition) is 2. The normalized spacial score (nSPS) is 37.2. The monoisotopic (exact) mass is 791 g/mol. The number of nitrogens with zero attached hydrogens (tertiary/aromatic N) is 2. The molecule has 11 atom stereocenters. The van der Waals surface area contributed by atoms with Crippen LogP contribution in [0.4, 0.5) is 4.79 Å². The van der Waals surface area contributed by atoms with Crippen molar-refractivity contribution in [2.24, 2.45) is 64.1 Å². The van der Waals surface area contributed by atoms with E-state index in [9.17, 15) is 24.3 Å². The van der Waals surface area contributed by atoms with Gasteiger partial charge in [0.05, 0.1) is 17.4 Å². The molecule has 0 aliphatic heterocycles. The molecule has 0 aromatic heterocycles. The third kappa shape index (κ3) is 7.13. The minimum atomic E-state index is -0.829. The lowest BCUT2D eigenvalue weighted by Gasteiger charge is -2.63. The summed E-state index contributed by atoms with van der Waals surface area (Å²) in [4.78, 5) is 57.6. The van der Waals surface area contributed by atoms with Crippen LogP contribution < -0.4 is 5.32 Å². The molecule has 0 radical (unpaired) electrons. The molecule has 56 heavy (non-hydrogen) atoms. The van der Waals surface area contributed by atoms with Crippen molar-refractivity contribution >= 4 is 35.4 Å². The van der Waals surface area contributed by atoms with Crippen LogP contribution in [-0.4, -0.2) is 77.5 Å². The van der Waals surface area contributed by atoms with Crippen LogP contribution in [0.2, 0.25) is 5.02 Å². The summed E-state index contributed by atoms with van der Waals surface area (Å²) >= 11 is 6.19. The zero-order valence-corrected chi connectivity index (χ0v) is 35.8. The number of carboxylic acid groups (broad SMARTS) is 1. The molecule has 6 aliphatic carbocycles. The Morgan fingerprint density at radius 3 is 2.27 bits per heavy atom. The second-order valence-electron chi connectivity index (χ2n) is 20.2. The molecule has 1 aromatic carbocycles. The minimum Gasteiger partial charge on any atom is -0.481 e. The Morgan fingerprint density at radius 2 is 1.62 bits per heavy atom. The van der Waals surface area contributed by atoms with Gasteiger partial charge in [-0.25, -0.2) is 4.79 Å². The quantitative estimate of drug-likeness (QED) is 0.228. The first-order valence-electron chi connectivity index (χ1n) is 21.5. The number of Topliss-reactive ketones (excluding diaryl/α,β-unsaturated/α-hetero) is 1. The summed E-state index contributed by atoms with van der Waals surface area (Å²) in [7, 11) is 4.04. The van der Waals surface area contributed by atoms with Gasteiger partial charge in [-0.1, -0.05) is 65.3 Å². The number of ether oxygens (including phenoxy) is 1. The second-order valence-corrected chi connectivity index (χ2v) is 20.6. The highest BCUT2D eigenvalue weighted by Crippen LogP contribution is 2.66. The van der Waals surface area contributed by atoms with Gasteiger partial charge < -0.3 is 25.0 Å². The number of carboxylic acids is 1. The number of allylic oxidation sites excluding steroid dienone is 1. The van der Waals surface area contributed by atoms with E-state index in [0.29, 0.717) is 54.6 Å². The third-order valence-electron chi connectivity index (χ3n) is 16.3. The van der Waals surface area contributed by atoms with E-state index in [1.807, 2.05) is 57.1 Å². The number of urea groups is 1. The van der Waals surface area contributed by atoms with Crippen LogP contribution >= 0.6 is 11.6 Å². The number of aliphatic carboxylic acids is 1. The van der Waals surface area contributed by atoms with Crippen molar-refractivity contribution in [2.45, 2.75) is 124 Å². The molecule has 2 amide bonds. The molecule has 2 N–H and O–H groups in total. The first kappa shape index (κ1) is 41.3. The molecular formula is C46H66ClN3O6. The summed E-state index contributed by atoms with van der Waals surface area (Å²) in [6, 6.07) is 7.58.